The molecule has 0 aliphatic rings. The van der Waals surface area contributed by atoms with Crippen molar-refractivity contribution in [3.05, 3.63) is 22.9 Å². The van der Waals surface area contributed by atoms with E-state index in [0.29, 0.717) is 6.42 Å². The van der Waals surface area contributed by atoms with Gasteiger partial charge in [-0.3, -0.25) is 4.79 Å². The van der Waals surface area contributed by atoms with Gasteiger partial charge in [-0.15, -0.1) is 0 Å². The molecule has 3 nitrogen and oxygen atoms in total. The van der Waals surface area contributed by atoms with Crippen LogP contribution in [-0.4, -0.2) is 17.9 Å². The Morgan fingerprint density at radius 3 is 2.77 bits per heavy atom. The molecule has 1 amide bonds. The molecule has 1 aromatic rings. The first-order valence-electron chi connectivity index (χ1n) is 4.03. The van der Waals surface area contributed by atoms with Crippen molar-refractivity contribution in [2.24, 2.45) is 0 Å². The highest BCUT2D eigenvalue weighted by Crippen LogP contribution is 2.14. The lowest BCUT2D eigenvalue weighted by Crippen LogP contribution is -2.25. The molecule has 0 unspecified atom stereocenters. The highest BCUT2D eigenvalue weighted by atomic mass is 79.9. The van der Waals surface area contributed by atoms with Gasteiger partial charge < -0.3 is 4.90 Å². The number of pyridine rings is 1. The number of amides is 1. The van der Waals surface area contributed by atoms with E-state index in [9.17, 15) is 4.79 Å². The normalized spacial score (nSPS) is 9.77. The smallest absolute Gasteiger partial charge is 0.226 e. The Kier molecular flexibility index (Phi) is 3.42. The second-order valence-corrected chi connectivity index (χ2v) is 3.46. The molecule has 13 heavy (non-hydrogen) atoms. The van der Waals surface area contributed by atoms with Gasteiger partial charge in [-0.1, -0.05) is 6.92 Å². The molecule has 0 saturated carbocycles. The molecule has 0 radical (unpaired) electrons. The maximum Gasteiger partial charge on any atom is 0.226 e. The fraction of sp³-hybridized carbons (Fsp3) is 0.333. The van der Waals surface area contributed by atoms with Crippen LogP contribution in [0.5, 0.6) is 0 Å². The Hall–Kier alpha value is -0.900. The fourth-order valence-electron chi connectivity index (χ4n) is 0.948. The number of anilines is 1. The van der Waals surface area contributed by atoms with Crippen molar-refractivity contribution in [3.63, 3.8) is 0 Å². The maximum absolute atomic E-state index is 11.3. The minimum absolute atomic E-state index is 0.0872. The molecule has 0 bridgehead atoms. The van der Waals surface area contributed by atoms with Crippen molar-refractivity contribution < 1.29 is 4.79 Å². The number of hydrogen-bond acceptors (Lipinski definition) is 2. The van der Waals surface area contributed by atoms with Crippen molar-refractivity contribution in [2.75, 3.05) is 11.9 Å². The second-order valence-electron chi connectivity index (χ2n) is 2.65. The number of halogens is 1. The highest BCUT2D eigenvalue weighted by Gasteiger charge is 2.07. The summed E-state index contributed by atoms with van der Waals surface area (Å²) in [6.07, 6.45) is 2.17. The van der Waals surface area contributed by atoms with Crippen LogP contribution in [0.3, 0.4) is 0 Å². The van der Waals surface area contributed by atoms with Gasteiger partial charge in [-0.05, 0) is 28.1 Å². The molecule has 0 spiro atoms. The molecule has 0 aromatic carbocycles. The van der Waals surface area contributed by atoms with E-state index in [2.05, 4.69) is 20.9 Å². The van der Waals surface area contributed by atoms with Crippen molar-refractivity contribution in [2.45, 2.75) is 13.3 Å². The quantitative estimate of drug-likeness (QED) is 0.746. The van der Waals surface area contributed by atoms with E-state index in [1.165, 1.54) is 0 Å². The summed E-state index contributed by atoms with van der Waals surface area (Å²) in [4.78, 5) is 16.9. The molecule has 1 aromatic heterocycles. The largest absolute Gasteiger partial charge is 0.314 e. The number of rotatable bonds is 2. The summed E-state index contributed by atoms with van der Waals surface area (Å²) in [6.45, 7) is 1.84. The van der Waals surface area contributed by atoms with Crippen LogP contribution in [0.15, 0.2) is 22.9 Å². The van der Waals surface area contributed by atoms with Gasteiger partial charge in [0.15, 0.2) is 0 Å². The minimum Gasteiger partial charge on any atom is -0.314 e. The Bertz CT molecular complexity index is 297. The van der Waals surface area contributed by atoms with Crippen LogP contribution >= 0.6 is 15.9 Å². The lowest BCUT2D eigenvalue weighted by Gasteiger charge is -2.15. The third kappa shape index (κ3) is 2.52. The monoisotopic (exact) mass is 242 g/mol. The van der Waals surface area contributed by atoms with Crippen molar-refractivity contribution in [1.29, 1.82) is 0 Å². The van der Waals surface area contributed by atoms with E-state index in [1.807, 2.05) is 19.1 Å². The van der Waals surface area contributed by atoms with E-state index < -0.39 is 0 Å². The topological polar surface area (TPSA) is 33.2 Å². The maximum atomic E-state index is 11.3. The Morgan fingerprint density at radius 2 is 2.31 bits per heavy atom. The fourth-order valence-corrected chi connectivity index (χ4v) is 1.18. The molecule has 4 heteroatoms. The van der Waals surface area contributed by atoms with Gasteiger partial charge in [0, 0.05) is 13.5 Å². The van der Waals surface area contributed by atoms with Crippen LogP contribution in [0.1, 0.15) is 13.3 Å². The summed E-state index contributed by atoms with van der Waals surface area (Å²) >= 11 is 3.23. The molecule has 0 aliphatic heterocycles. The molecule has 0 saturated heterocycles. The minimum atomic E-state index is 0.0872. The number of nitrogens with zero attached hydrogens (tertiary/aromatic N) is 2. The van der Waals surface area contributed by atoms with Crippen molar-refractivity contribution >= 4 is 27.5 Å². The van der Waals surface area contributed by atoms with E-state index in [4.69, 9.17) is 0 Å². The predicted octanol–water partition coefficient (Wildman–Crippen LogP) is 2.22. The molecular weight excluding hydrogens is 232 g/mol. The molecule has 1 heterocycles. The zero-order chi connectivity index (χ0) is 9.84. The van der Waals surface area contributed by atoms with Gasteiger partial charge in [-0.2, -0.15) is 0 Å². The first-order valence-corrected chi connectivity index (χ1v) is 4.82. The van der Waals surface area contributed by atoms with Gasteiger partial charge in [0.25, 0.3) is 0 Å². The number of aromatic nitrogens is 1. The zero-order valence-corrected chi connectivity index (χ0v) is 9.21. The molecule has 0 atom stereocenters. The Labute approximate surface area is 85.9 Å². The number of hydrogen-bond donors (Lipinski definition) is 0. The molecular formula is C9H11BrN2O. The lowest BCUT2D eigenvalue weighted by atomic mass is 10.3. The molecule has 0 fully saturated rings. The van der Waals surface area contributed by atoms with Crippen LogP contribution in [-0.2, 0) is 4.79 Å². The summed E-state index contributed by atoms with van der Waals surface area (Å²) < 4.78 is 0.772. The third-order valence-corrected chi connectivity index (χ3v) is 2.24. The molecule has 0 N–H and O–H groups in total. The second kappa shape index (κ2) is 4.37. The zero-order valence-electron chi connectivity index (χ0n) is 7.62. The average molecular weight is 243 g/mol. The first-order chi connectivity index (χ1) is 6.15. The van der Waals surface area contributed by atoms with E-state index in [0.717, 1.165) is 10.3 Å². The van der Waals surface area contributed by atoms with Crippen molar-refractivity contribution in [1.82, 2.24) is 4.98 Å². The Morgan fingerprint density at radius 1 is 1.62 bits per heavy atom. The van der Waals surface area contributed by atoms with Crippen LogP contribution in [0.25, 0.3) is 0 Å². The Balaban J connectivity index is 2.83. The van der Waals surface area contributed by atoms with E-state index >= 15 is 0 Å². The summed E-state index contributed by atoms with van der Waals surface area (Å²) in [6, 6.07) is 3.67. The number of carbonyl (C=O) groups excluding carboxylic acids is 1. The first kappa shape index (κ1) is 10.2. The van der Waals surface area contributed by atoms with E-state index in [1.54, 1.807) is 18.1 Å². The third-order valence-electron chi connectivity index (χ3n) is 1.78. The van der Waals surface area contributed by atoms with Crippen LogP contribution < -0.4 is 4.90 Å². The van der Waals surface area contributed by atoms with E-state index in [-0.39, 0.29) is 5.91 Å². The van der Waals surface area contributed by atoms with Gasteiger partial charge in [0.2, 0.25) is 5.91 Å². The van der Waals surface area contributed by atoms with Gasteiger partial charge in [0.05, 0.1) is 11.9 Å². The standard InChI is InChI=1S/C9H11BrN2O/c1-3-9(13)12(2)7-4-5-8(10)11-6-7/h4-6H,3H2,1-2H3. The van der Waals surface area contributed by atoms with Crippen LogP contribution in [0.4, 0.5) is 5.69 Å². The van der Waals surface area contributed by atoms with Crippen LogP contribution in [0.2, 0.25) is 0 Å². The molecule has 70 valence electrons. The van der Waals surface area contributed by atoms with Gasteiger partial charge in [0.1, 0.15) is 4.60 Å². The summed E-state index contributed by atoms with van der Waals surface area (Å²) in [5, 5.41) is 0. The van der Waals surface area contributed by atoms with Gasteiger partial charge in [-0.25, -0.2) is 4.98 Å². The number of carbonyl (C=O) groups is 1. The molecule has 1 rings (SSSR count). The SMILES string of the molecule is CCC(=O)N(C)c1ccc(Br)nc1. The summed E-state index contributed by atoms with van der Waals surface area (Å²) in [5.74, 6) is 0.0872. The summed E-state index contributed by atoms with van der Waals surface area (Å²) in [5.41, 5.74) is 0.815. The highest BCUT2D eigenvalue weighted by molar-refractivity contribution is 9.10. The summed E-state index contributed by atoms with van der Waals surface area (Å²) in [7, 11) is 1.75. The van der Waals surface area contributed by atoms with Crippen LogP contribution in [0, 0.1) is 0 Å². The van der Waals surface area contributed by atoms with Crippen molar-refractivity contribution in [3.8, 4) is 0 Å². The predicted molar refractivity (Wildman–Crippen MR) is 55.6 cm³/mol. The lowest BCUT2D eigenvalue weighted by molar-refractivity contribution is -0.118. The van der Waals surface area contributed by atoms with Gasteiger partial charge >= 0.3 is 0 Å². The molecule has 0 aliphatic carbocycles. The average Bonchev–Trinajstić information content (AvgIpc) is 2.17.